The van der Waals surface area contributed by atoms with Gasteiger partial charge in [0.05, 0.1) is 5.60 Å². The smallest absolute Gasteiger partial charge is 0.0929 e. The lowest BCUT2D eigenvalue weighted by Crippen LogP contribution is -2.24. The molecule has 2 N–H and O–H groups in total. The van der Waals surface area contributed by atoms with Crippen molar-refractivity contribution in [3.8, 4) is 0 Å². The van der Waals surface area contributed by atoms with E-state index in [9.17, 15) is 0 Å². The molecule has 2 aliphatic rings. The highest BCUT2D eigenvalue weighted by Gasteiger charge is 2.44. The molecule has 0 atom stereocenters. The van der Waals surface area contributed by atoms with Gasteiger partial charge in [0.1, 0.15) is 0 Å². The van der Waals surface area contributed by atoms with Crippen molar-refractivity contribution < 1.29 is 4.74 Å². The second-order valence-corrected chi connectivity index (χ2v) is 5.43. The molecule has 0 unspecified atom stereocenters. The van der Waals surface area contributed by atoms with Gasteiger partial charge in [-0.2, -0.15) is 0 Å². The first kappa shape index (κ1) is 10.3. The lowest BCUT2D eigenvalue weighted by Gasteiger charge is -2.15. The highest BCUT2D eigenvalue weighted by Crippen LogP contribution is 2.48. The summed E-state index contributed by atoms with van der Waals surface area (Å²) >= 11 is 0. The predicted octanol–water partition coefficient (Wildman–Crippen LogP) is 2.36. The van der Waals surface area contributed by atoms with Crippen LogP contribution in [0.3, 0.4) is 0 Å². The van der Waals surface area contributed by atoms with Gasteiger partial charge < -0.3 is 10.5 Å². The molecule has 0 bridgehead atoms. The third-order valence-corrected chi connectivity index (χ3v) is 4.02. The van der Waals surface area contributed by atoms with Gasteiger partial charge in [-0.25, -0.2) is 0 Å². The number of hydrogen-bond acceptors (Lipinski definition) is 2. The summed E-state index contributed by atoms with van der Waals surface area (Å²) in [5.74, 6) is 0. The summed E-state index contributed by atoms with van der Waals surface area (Å²) in [4.78, 5) is 0. The Bertz CT molecular complexity index is 388. The van der Waals surface area contributed by atoms with Crippen LogP contribution in [-0.2, 0) is 16.8 Å². The third-order valence-electron chi connectivity index (χ3n) is 4.02. The van der Waals surface area contributed by atoms with Crippen LogP contribution in [0.5, 0.6) is 0 Å². The van der Waals surface area contributed by atoms with Gasteiger partial charge in [0.25, 0.3) is 0 Å². The Morgan fingerprint density at radius 1 is 1.12 bits per heavy atom. The molecule has 86 valence electrons. The summed E-state index contributed by atoms with van der Waals surface area (Å²) in [5.41, 5.74) is 8.94. The number of methoxy groups -OCH3 is 1. The molecule has 0 aromatic heterocycles. The Balaban J connectivity index is 1.75. The van der Waals surface area contributed by atoms with Gasteiger partial charge in [0.2, 0.25) is 0 Å². The average molecular weight is 217 g/mol. The molecule has 2 saturated carbocycles. The first-order valence-electron chi connectivity index (χ1n) is 6.09. The van der Waals surface area contributed by atoms with Gasteiger partial charge in [-0.1, -0.05) is 24.3 Å². The van der Waals surface area contributed by atoms with Gasteiger partial charge >= 0.3 is 0 Å². The first-order valence-corrected chi connectivity index (χ1v) is 6.09. The number of benzene rings is 1. The molecular formula is C14H19NO. The maximum Gasteiger partial charge on any atom is 0.0929 e. The van der Waals surface area contributed by atoms with E-state index in [1.165, 1.54) is 24.0 Å². The maximum atomic E-state index is 6.12. The van der Waals surface area contributed by atoms with E-state index in [0.717, 1.165) is 19.3 Å². The molecule has 0 heterocycles. The Kier molecular flexibility index (Phi) is 2.13. The highest BCUT2D eigenvalue weighted by atomic mass is 16.5. The van der Waals surface area contributed by atoms with Gasteiger partial charge in [-0.05, 0) is 43.2 Å². The summed E-state index contributed by atoms with van der Waals surface area (Å²) in [6.07, 6.45) is 5.69. The Hall–Kier alpha value is -0.860. The molecule has 3 rings (SSSR count). The van der Waals surface area contributed by atoms with E-state index in [2.05, 4.69) is 24.3 Å². The van der Waals surface area contributed by atoms with Gasteiger partial charge in [-0.3, -0.25) is 0 Å². The largest absolute Gasteiger partial charge is 0.374 e. The zero-order valence-corrected chi connectivity index (χ0v) is 9.83. The minimum Gasteiger partial charge on any atom is -0.374 e. The monoisotopic (exact) mass is 217 g/mol. The zero-order chi connectivity index (χ0) is 11.2. The van der Waals surface area contributed by atoms with E-state index in [0.29, 0.717) is 0 Å². The van der Waals surface area contributed by atoms with Gasteiger partial charge in [0.15, 0.2) is 0 Å². The van der Waals surface area contributed by atoms with Gasteiger partial charge in [-0.15, -0.1) is 0 Å². The Labute approximate surface area is 96.8 Å². The standard InChI is InChI=1S/C14H19NO/c1-16-14(8-9-14)12-4-2-11(3-5-12)10-13(15)6-7-13/h2-5H,6-10,15H2,1H3. The fraction of sp³-hybridized carbons (Fsp3) is 0.571. The van der Waals surface area contributed by atoms with E-state index in [-0.39, 0.29) is 11.1 Å². The van der Waals surface area contributed by atoms with Crippen LogP contribution in [0.2, 0.25) is 0 Å². The summed E-state index contributed by atoms with van der Waals surface area (Å²) < 4.78 is 5.56. The summed E-state index contributed by atoms with van der Waals surface area (Å²) in [6, 6.07) is 8.83. The van der Waals surface area contributed by atoms with Crippen molar-refractivity contribution in [3.05, 3.63) is 35.4 Å². The molecule has 2 nitrogen and oxygen atoms in total. The van der Waals surface area contributed by atoms with Crippen molar-refractivity contribution in [3.63, 3.8) is 0 Å². The SMILES string of the molecule is COC1(c2ccc(CC3(N)CC3)cc2)CC1. The fourth-order valence-electron chi connectivity index (χ4n) is 2.39. The molecule has 0 saturated heterocycles. The van der Waals surface area contributed by atoms with E-state index in [1.807, 2.05) is 0 Å². The molecule has 1 aromatic carbocycles. The molecule has 2 aliphatic carbocycles. The van der Waals surface area contributed by atoms with Crippen molar-refractivity contribution in [1.29, 1.82) is 0 Å². The Morgan fingerprint density at radius 3 is 2.19 bits per heavy atom. The molecule has 0 radical (unpaired) electrons. The summed E-state index contributed by atoms with van der Waals surface area (Å²) in [7, 11) is 1.81. The molecule has 16 heavy (non-hydrogen) atoms. The van der Waals surface area contributed by atoms with Crippen molar-refractivity contribution in [2.24, 2.45) is 5.73 Å². The second kappa shape index (κ2) is 3.31. The predicted molar refractivity (Wildman–Crippen MR) is 64.2 cm³/mol. The molecule has 0 amide bonds. The van der Waals surface area contributed by atoms with Crippen molar-refractivity contribution in [2.75, 3.05) is 7.11 Å². The van der Waals surface area contributed by atoms with Gasteiger partial charge in [0, 0.05) is 12.6 Å². The van der Waals surface area contributed by atoms with Crippen LogP contribution in [0.25, 0.3) is 0 Å². The number of nitrogens with two attached hydrogens (primary N) is 1. The number of hydrogen-bond donors (Lipinski definition) is 1. The fourth-order valence-corrected chi connectivity index (χ4v) is 2.39. The summed E-state index contributed by atoms with van der Waals surface area (Å²) in [5, 5.41) is 0. The molecule has 2 heteroatoms. The quantitative estimate of drug-likeness (QED) is 0.840. The van der Waals surface area contributed by atoms with Crippen LogP contribution in [-0.4, -0.2) is 12.6 Å². The zero-order valence-electron chi connectivity index (χ0n) is 9.83. The minimum absolute atomic E-state index is 0.0402. The van der Waals surface area contributed by atoms with E-state index < -0.39 is 0 Å². The highest BCUT2D eigenvalue weighted by molar-refractivity contribution is 5.32. The van der Waals surface area contributed by atoms with Crippen LogP contribution in [0.1, 0.15) is 36.8 Å². The minimum atomic E-state index is 0.0402. The average Bonchev–Trinajstić information content (AvgIpc) is 3.18. The topological polar surface area (TPSA) is 35.2 Å². The number of rotatable bonds is 4. The molecule has 0 spiro atoms. The van der Waals surface area contributed by atoms with Crippen molar-refractivity contribution in [1.82, 2.24) is 0 Å². The molecule has 2 fully saturated rings. The van der Waals surface area contributed by atoms with Crippen molar-refractivity contribution >= 4 is 0 Å². The van der Waals surface area contributed by atoms with E-state index in [1.54, 1.807) is 7.11 Å². The van der Waals surface area contributed by atoms with Crippen LogP contribution in [0, 0.1) is 0 Å². The molecule has 0 aliphatic heterocycles. The number of ether oxygens (including phenoxy) is 1. The van der Waals surface area contributed by atoms with E-state index in [4.69, 9.17) is 10.5 Å². The normalized spacial score (nSPS) is 24.1. The lowest BCUT2D eigenvalue weighted by atomic mass is 10.0. The van der Waals surface area contributed by atoms with Crippen LogP contribution in [0.4, 0.5) is 0 Å². The lowest BCUT2D eigenvalue weighted by molar-refractivity contribution is 0.0789. The van der Waals surface area contributed by atoms with Crippen LogP contribution >= 0.6 is 0 Å². The van der Waals surface area contributed by atoms with E-state index >= 15 is 0 Å². The molecular weight excluding hydrogens is 198 g/mol. The second-order valence-electron chi connectivity index (χ2n) is 5.43. The van der Waals surface area contributed by atoms with Crippen LogP contribution in [0.15, 0.2) is 24.3 Å². The molecule has 1 aromatic rings. The van der Waals surface area contributed by atoms with Crippen molar-refractivity contribution in [2.45, 2.75) is 43.2 Å². The third kappa shape index (κ3) is 1.76. The Morgan fingerprint density at radius 2 is 1.75 bits per heavy atom. The summed E-state index contributed by atoms with van der Waals surface area (Å²) in [6.45, 7) is 0. The maximum absolute atomic E-state index is 6.12. The van der Waals surface area contributed by atoms with Crippen LogP contribution < -0.4 is 5.73 Å². The first-order chi connectivity index (χ1) is 7.66.